The summed E-state index contributed by atoms with van der Waals surface area (Å²) in [4.78, 5) is 23.3. The number of nitrogens with zero attached hydrogens (tertiary/aromatic N) is 5. The van der Waals surface area contributed by atoms with Crippen LogP contribution in [0.15, 0.2) is 24.5 Å². The molecule has 0 spiro atoms. The zero-order valence-electron chi connectivity index (χ0n) is 20.7. The molecule has 1 aromatic carbocycles. The van der Waals surface area contributed by atoms with Crippen LogP contribution in [0, 0.1) is 17.1 Å². The zero-order valence-corrected chi connectivity index (χ0v) is 20.7. The van der Waals surface area contributed by atoms with Gasteiger partial charge in [-0.25, -0.2) is 19.2 Å². The van der Waals surface area contributed by atoms with Crippen LogP contribution >= 0.6 is 0 Å². The summed E-state index contributed by atoms with van der Waals surface area (Å²) < 4.78 is 27.4. The molecule has 0 atom stereocenters. The van der Waals surface area contributed by atoms with Crippen molar-refractivity contribution in [2.45, 2.75) is 58.1 Å². The number of likely N-dealkylation sites (tertiary alicyclic amines) is 1. The Hall–Kier alpha value is -3.87. The van der Waals surface area contributed by atoms with Crippen LogP contribution in [0.3, 0.4) is 0 Å². The van der Waals surface area contributed by atoms with Gasteiger partial charge in [-0.2, -0.15) is 5.26 Å². The highest BCUT2D eigenvalue weighted by Gasteiger charge is 2.29. The number of benzene rings is 1. The van der Waals surface area contributed by atoms with Gasteiger partial charge in [0.2, 0.25) is 5.95 Å². The number of ether oxygens (including phenoxy) is 2. The van der Waals surface area contributed by atoms with Gasteiger partial charge in [-0.05, 0) is 51.7 Å². The lowest BCUT2D eigenvalue weighted by molar-refractivity contribution is 0.0205. The highest BCUT2D eigenvalue weighted by atomic mass is 19.1. The van der Waals surface area contributed by atoms with E-state index in [2.05, 4.69) is 21.4 Å². The average molecular weight is 493 g/mol. The predicted octanol–water partition coefficient (Wildman–Crippen LogP) is 4.40. The summed E-state index contributed by atoms with van der Waals surface area (Å²) in [5.74, 6) is 1.03. The monoisotopic (exact) mass is 492 g/mol. The van der Waals surface area contributed by atoms with Crippen LogP contribution in [0.5, 0.6) is 5.75 Å². The van der Waals surface area contributed by atoms with Gasteiger partial charge in [0.25, 0.3) is 0 Å². The van der Waals surface area contributed by atoms with Gasteiger partial charge >= 0.3 is 6.09 Å². The molecule has 0 unspecified atom stereocenters. The summed E-state index contributed by atoms with van der Waals surface area (Å²) in [5.41, 5.74) is 2.73. The number of carbonyl (C=O) groups excluding carboxylic acids is 1. The van der Waals surface area contributed by atoms with Gasteiger partial charge in [0.1, 0.15) is 28.9 Å². The predicted molar refractivity (Wildman–Crippen MR) is 130 cm³/mol. The quantitative estimate of drug-likeness (QED) is 0.575. The largest absolute Gasteiger partial charge is 0.493 e. The molecule has 9 nitrogen and oxygen atoms in total. The van der Waals surface area contributed by atoms with Crippen molar-refractivity contribution < 1.29 is 18.7 Å². The highest BCUT2D eigenvalue weighted by molar-refractivity contribution is 5.68. The lowest BCUT2D eigenvalue weighted by atomic mass is 9.91. The topological polar surface area (TPSA) is 105 Å². The number of hydrogen-bond acceptors (Lipinski definition) is 7. The van der Waals surface area contributed by atoms with Gasteiger partial charge in [0, 0.05) is 48.9 Å². The molecule has 1 amide bonds. The fraction of sp³-hybridized carbons (Fsp3) is 0.462. The molecule has 36 heavy (non-hydrogen) atoms. The van der Waals surface area contributed by atoms with E-state index in [1.165, 1.54) is 6.07 Å². The molecule has 0 bridgehead atoms. The maximum absolute atomic E-state index is 14.6. The molecule has 0 radical (unpaired) electrons. The maximum Gasteiger partial charge on any atom is 0.410 e. The number of nitriles is 1. The van der Waals surface area contributed by atoms with Gasteiger partial charge in [-0.1, -0.05) is 0 Å². The van der Waals surface area contributed by atoms with Crippen molar-refractivity contribution >= 4 is 17.7 Å². The van der Waals surface area contributed by atoms with Crippen molar-refractivity contribution in [3.63, 3.8) is 0 Å². The molecular formula is C26H29FN6O3. The molecule has 4 heterocycles. The van der Waals surface area contributed by atoms with E-state index in [9.17, 15) is 14.4 Å². The molecule has 1 fully saturated rings. The van der Waals surface area contributed by atoms with Gasteiger partial charge in [0.15, 0.2) is 5.69 Å². The van der Waals surface area contributed by atoms with Crippen LogP contribution in [0.4, 0.5) is 15.1 Å². The number of piperidine rings is 1. The summed E-state index contributed by atoms with van der Waals surface area (Å²) >= 11 is 0. The van der Waals surface area contributed by atoms with Gasteiger partial charge in [-0.3, -0.25) is 4.40 Å². The minimum absolute atomic E-state index is 0.133. The van der Waals surface area contributed by atoms with Crippen molar-refractivity contribution in [2.75, 3.05) is 25.0 Å². The van der Waals surface area contributed by atoms with Crippen molar-refractivity contribution in [3.05, 3.63) is 52.7 Å². The van der Waals surface area contributed by atoms with E-state index in [4.69, 9.17) is 9.47 Å². The number of halogens is 1. The van der Waals surface area contributed by atoms with Crippen LogP contribution in [-0.4, -0.2) is 50.7 Å². The first-order valence-corrected chi connectivity index (χ1v) is 12.2. The second kappa shape index (κ2) is 9.30. The van der Waals surface area contributed by atoms with Crippen molar-refractivity contribution in [2.24, 2.45) is 0 Å². The summed E-state index contributed by atoms with van der Waals surface area (Å²) in [6, 6.07) is 5.18. The Morgan fingerprint density at radius 1 is 1.33 bits per heavy atom. The summed E-state index contributed by atoms with van der Waals surface area (Å²) in [5, 5.41) is 12.7. The van der Waals surface area contributed by atoms with E-state index < -0.39 is 5.60 Å². The first kappa shape index (κ1) is 23.9. The molecule has 0 aliphatic carbocycles. The minimum Gasteiger partial charge on any atom is -0.493 e. The van der Waals surface area contributed by atoms with E-state index in [1.54, 1.807) is 27.8 Å². The molecule has 10 heteroatoms. The number of rotatable bonds is 4. The van der Waals surface area contributed by atoms with Gasteiger partial charge in [0.05, 0.1) is 12.8 Å². The first-order chi connectivity index (χ1) is 17.2. The van der Waals surface area contributed by atoms with Gasteiger partial charge < -0.3 is 19.7 Å². The average Bonchev–Trinajstić information content (AvgIpc) is 3.50. The Morgan fingerprint density at radius 3 is 2.83 bits per heavy atom. The number of anilines is 1. The summed E-state index contributed by atoms with van der Waals surface area (Å²) in [6.45, 7) is 7.48. The van der Waals surface area contributed by atoms with Crippen LogP contribution in [0.25, 0.3) is 5.65 Å². The van der Waals surface area contributed by atoms with Crippen LogP contribution in [0.2, 0.25) is 0 Å². The van der Waals surface area contributed by atoms with E-state index >= 15 is 0 Å². The number of hydrogen-bond donors (Lipinski definition) is 1. The molecule has 0 saturated carbocycles. The second-order valence-corrected chi connectivity index (χ2v) is 10.2. The Kier molecular flexibility index (Phi) is 6.16. The molecule has 2 aliphatic heterocycles. The Balaban J connectivity index is 1.36. The van der Waals surface area contributed by atoms with Crippen LogP contribution in [-0.2, 0) is 17.7 Å². The molecule has 1 saturated heterocycles. The van der Waals surface area contributed by atoms with E-state index in [-0.39, 0.29) is 30.1 Å². The van der Waals surface area contributed by atoms with E-state index in [1.807, 2.05) is 20.8 Å². The number of aromatic nitrogens is 3. The fourth-order valence-electron chi connectivity index (χ4n) is 4.84. The molecule has 188 valence electrons. The van der Waals surface area contributed by atoms with E-state index in [0.717, 1.165) is 24.0 Å². The Bertz CT molecular complexity index is 1350. The molecule has 2 aliphatic rings. The highest BCUT2D eigenvalue weighted by Crippen LogP contribution is 2.33. The number of nitrogens with one attached hydrogen (secondary N) is 1. The van der Waals surface area contributed by atoms with E-state index in [0.29, 0.717) is 49.0 Å². The Labute approximate surface area is 208 Å². The van der Waals surface area contributed by atoms with Gasteiger partial charge in [-0.15, -0.1) is 0 Å². The number of carbonyl (C=O) groups is 1. The fourth-order valence-corrected chi connectivity index (χ4v) is 4.84. The number of fused-ring (bicyclic) bond motifs is 2. The summed E-state index contributed by atoms with van der Waals surface area (Å²) in [6.07, 6.45) is 5.24. The molecule has 5 rings (SSSR count). The third-order valence-electron chi connectivity index (χ3n) is 6.58. The smallest absolute Gasteiger partial charge is 0.410 e. The van der Waals surface area contributed by atoms with Crippen molar-refractivity contribution in [3.8, 4) is 11.8 Å². The van der Waals surface area contributed by atoms with Crippen molar-refractivity contribution in [1.82, 2.24) is 19.3 Å². The molecule has 3 aromatic rings. The third kappa shape index (κ3) is 4.65. The lowest BCUT2D eigenvalue weighted by Crippen LogP contribution is -2.41. The lowest BCUT2D eigenvalue weighted by Gasteiger charge is -2.33. The zero-order chi connectivity index (χ0) is 25.4. The Morgan fingerprint density at radius 2 is 2.11 bits per heavy atom. The third-order valence-corrected chi connectivity index (χ3v) is 6.58. The molecular weight excluding hydrogens is 463 g/mol. The molecule has 1 N–H and O–H groups in total. The molecule has 2 aromatic heterocycles. The standard InChI is InChI=1S/C26H29FN6O3/c1-26(2,3)36-25(34)32-9-6-16(7-10-32)19-13-29-24(33-15-17(12-28)31-23(19)33)30-14-20-18-8-11-35-22(18)5-4-21(20)27/h4-5,13,15-16H,6-11,14H2,1-3H3,(H,29,30). The van der Waals surface area contributed by atoms with Crippen molar-refractivity contribution in [1.29, 1.82) is 5.26 Å². The first-order valence-electron chi connectivity index (χ1n) is 12.2. The maximum atomic E-state index is 14.6. The number of amides is 1. The number of imidazole rings is 1. The normalized spacial score (nSPS) is 15.9. The minimum atomic E-state index is -0.536. The van der Waals surface area contributed by atoms with Crippen LogP contribution < -0.4 is 10.1 Å². The SMILES string of the molecule is CC(C)(C)OC(=O)N1CCC(c2cnc(NCc3c(F)ccc4c3CCO4)n3cc(C#N)nc23)CC1. The second-order valence-electron chi connectivity index (χ2n) is 10.2. The van der Waals surface area contributed by atoms with Crippen LogP contribution in [0.1, 0.15) is 61.9 Å². The summed E-state index contributed by atoms with van der Waals surface area (Å²) in [7, 11) is 0.